The molecule has 0 aliphatic rings. The van der Waals surface area contributed by atoms with Crippen molar-refractivity contribution in [3.63, 3.8) is 0 Å². The van der Waals surface area contributed by atoms with Gasteiger partial charge in [0.05, 0.1) is 5.56 Å². The lowest BCUT2D eigenvalue weighted by Crippen LogP contribution is -2.29. The zero-order valence-electron chi connectivity index (χ0n) is 15.0. The van der Waals surface area contributed by atoms with Crippen molar-refractivity contribution in [3.05, 3.63) is 64.7 Å². The minimum Gasteiger partial charge on any atom is -0.328 e. The van der Waals surface area contributed by atoms with Crippen molar-refractivity contribution in [1.82, 2.24) is 9.13 Å². The van der Waals surface area contributed by atoms with E-state index in [2.05, 4.69) is 11.4 Å². The maximum atomic E-state index is 12.5. The highest BCUT2D eigenvalue weighted by molar-refractivity contribution is 5.90. The molecular formula is C20H20N4O2. The van der Waals surface area contributed by atoms with Crippen molar-refractivity contribution in [2.75, 3.05) is 5.32 Å². The molecule has 6 heteroatoms. The van der Waals surface area contributed by atoms with E-state index in [1.807, 2.05) is 43.5 Å². The molecule has 6 nitrogen and oxygen atoms in total. The Morgan fingerprint density at radius 3 is 2.65 bits per heavy atom. The molecule has 0 saturated carbocycles. The standard InChI is InChI=1S/C20H20N4O2/c1-20(2,3)24-12-14(11-21)10-17(24)22-18(25)13-23-9-8-15-6-4-5-7-16(15)19(23)26/h4-10,12H,13H2,1-3H3,(H,22,25). The fraction of sp³-hybridized carbons (Fsp3) is 0.250. The second-order valence-corrected chi connectivity index (χ2v) is 7.15. The van der Waals surface area contributed by atoms with Crippen LogP contribution >= 0.6 is 0 Å². The number of carbonyl (C=O) groups is 1. The quantitative estimate of drug-likeness (QED) is 0.790. The Bertz CT molecular complexity index is 1080. The van der Waals surface area contributed by atoms with Gasteiger partial charge >= 0.3 is 0 Å². The van der Waals surface area contributed by atoms with Gasteiger partial charge in [-0.25, -0.2) is 0 Å². The molecule has 1 N–H and O–H groups in total. The van der Waals surface area contributed by atoms with Crippen LogP contribution in [0.3, 0.4) is 0 Å². The van der Waals surface area contributed by atoms with Crippen LogP contribution in [0.5, 0.6) is 0 Å². The maximum Gasteiger partial charge on any atom is 0.258 e. The first-order valence-electron chi connectivity index (χ1n) is 8.30. The molecule has 3 aromatic rings. The molecule has 0 unspecified atom stereocenters. The Hall–Kier alpha value is -3.33. The topological polar surface area (TPSA) is 79.8 Å². The van der Waals surface area contributed by atoms with Gasteiger partial charge in [-0.15, -0.1) is 0 Å². The number of rotatable bonds is 3. The van der Waals surface area contributed by atoms with Crippen LogP contribution in [0.4, 0.5) is 5.82 Å². The van der Waals surface area contributed by atoms with Gasteiger partial charge in [-0.05, 0) is 44.4 Å². The van der Waals surface area contributed by atoms with Crippen LogP contribution in [0.25, 0.3) is 10.8 Å². The molecule has 0 fully saturated rings. The summed E-state index contributed by atoms with van der Waals surface area (Å²) in [5.74, 6) is 0.211. The summed E-state index contributed by atoms with van der Waals surface area (Å²) in [5.41, 5.74) is -0.0300. The average molecular weight is 348 g/mol. The van der Waals surface area contributed by atoms with E-state index in [0.717, 1.165) is 5.39 Å². The summed E-state index contributed by atoms with van der Waals surface area (Å²) in [6.45, 7) is 5.85. The van der Waals surface area contributed by atoms with E-state index in [0.29, 0.717) is 16.8 Å². The summed E-state index contributed by atoms with van der Waals surface area (Å²) in [6, 6.07) is 12.8. The second-order valence-electron chi connectivity index (χ2n) is 7.15. The van der Waals surface area contributed by atoms with Gasteiger partial charge in [0.15, 0.2) is 0 Å². The van der Waals surface area contributed by atoms with Crippen molar-refractivity contribution in [1.29, 1.82) is 5.26 Å². The van der Waals surface area contributed by atoms with Crippen LogP contribution in [-0.4, -0.2) is 15.0 Å². The first-order chi connectivity index (χ1) is 12.3. The van der Waals surface area contributed by atoms with Crippen LogP contribution in [0.2, 0.25) is 0 Å². The monoisotopic (exact) mass is 348 g/mol. The Labute approximate surface area is 151 Å². The van der Waals surface area contributed by atoms with Crippen molar-refractivity contribution in [2.24, 2.45) is 0 Å². The number of amides is 1. The molecule has 1 aromatic carbocycles. The molecule has 26 heavy (non-hydrogen) atoms. The number of hydrogen-bond acceptors (Lipinski definition) is 3. The SMILES string of the molecule is CC(C)(C)n1cc(C#N)cc1NC(=O)Cn1ccc2ccccc2c1=O. The van der Waals surface area contributed by atoms with Gasteiger partial charge in [0.1, 0.15) is 18.4 Å². The third kappa shape index (κ3) is 3.38. The Balaban J connectivity index is 1.87. The molecule has 2 heterocycles. The first-order valence-corrected chi connectivity index (χ1v) is 8.30. The molecular weight excluding hydrogens is 328 g/mol. The zero-order chi connectivity index (χ0) is 18.9. The molecule has 0 spiro atoms. The molecule has 0 aliphatic heterocycles. The summed E-state index contributed by atoms with van der Waals surface area (Å²) in [5, 5.41) is 13.4. The molecule has 0 atom stereocenters. The van der Waals surface area contributed by atoms with Crippen LogP contribution in [0.15, 0.2) is 53.6 Å². The summed E-state index contributed by atoms with van der Waals surface area (Å²) in [4.78, 5) is 25.0. The number of anilines is 1. The number of nitrogens with zero attached hydrogens (tertiary/aromatic N) is 3. The lowest BCUT2D eigenvalue weighted by atomic mass is 10.1. The van der Waals surface area contributed by atoms with Crippen LogP contribution in [0, 0.1) is 11.3 Å². The average Bonchev–Trinajstić information content (AvgIpc) is 3.01. The number of pyridine rings is 1. The van der Waals surface area contributed by atoms with E-state index < -0.39 is 0 Å². The highest BCUT2D eigenvalue weighted by Gasteiger charge is 2.19. The normalized spacial score (nSPS) is 11.3. The summed E-state index contributed by atoms with van der Waals surface area (Å²) < 4.78 is 3.22. The van der Waals surface area contributed by atoms with Gasteiger partial charge in [0.2, 0.25) is 5.91 Å². The predicted molar refractivity (Wildman–Crippen MR) is 101 cm³/mol. The zero-order valence-corrected chi connectivity index (χ0v) is 15.0. The van der Waals surface area contributed by atoms with E-state index in [4.69, 9.17) is 5.26 Å². The molecule has 0 radical (unpaired) electrons. The van der Waals surface area contributed by atoms with Gasteiger partial charge < -0.3 is 14.5 Å². The van der Waals surface area contributed by atoms with Crippen molar-refractivity contribution >= 4 is 22.5 Å². The summed E-state index contributed by atoms with van der Waals surface area (Å²) in [6.07, 6.45) is 3.32. The number of carbonyl (C=O) groups excluding carboxylic acids is 1. The number of fused-ring (bicyclic) bond motifs is 1. The summed E-state index contributed by atoms with van der Waals surface area (Å²) >= 11 is 0. The molecule has 0 saturated heterocycles. The van der Waals surface area contributed by atoms with Gasteiger partial charge in [-0.1, -0.05) is 18.2 Å². The van der Waals surface area contributed by atoms with Gasteiger partial charge in [0, 0.05) is 23.3 Å². The van der Waals surface area contributed by atoms with E-state index >= 15 is 0 Å². The summed E-state index contributed by atoms with van der Waals surface area (Å²) in [7, 11) is 0. The van der Waals surface area contributed by atoms with E-state index in [-0.39, 0.29) is 23.6 Å². The Morgan fingerprint density at radius 1 is 1.23 bits per heavy atom. The van der Waals surface area contributed by atoms with E-state index in [9.17, 15) is 9.59 Å². The lowest BCUT2D eigenvalue weighted by molar-refractivity contribution is -0.116. The molecule has 1 amide bonds. The third-order valence-corrected chi connectivity index (χ3v) is 4.14. The van der Waals surface area contributed by atoms with Gasteiger partial charge in [-0.3, -0.25) is 9.59 Å². The van der Waals surface area contributed by atoms with Crippen molar-refractivity contribution in [3.8, 4) is 6.07 Å². The Kier molecular flexibility index (Phi) is 4.39. The second kappa shape index (κ2) is 6.52. The lowest BCUT2D eigenvalue weighted by Gasteiger charge is -2.24. The Morgan fingerprint density at radius 2 is 1.96 bits per heavy atom. The fourth-order valence-electron chi connectivity index (χ4n) is 2.87. The fourth-order valence-corrected chi connectivity index (χ4v) is 2.87. The highest BCUT2D eigenvalue weighted by Crippen LogP contribution is 2.24. The minimum absolute atomic E-state index is 0.0964. The predicted octanol–water partition coefficient (Wildman–Crippen LogP) is 3.07. The molecule has 0 bridgehead atoms. The molecule has 2 aromatic heterocycles. The van der Waals surface area contributed by atoms with E-state index in [1.165, 1.54) is 4.57 Å². The third-order valence-electron chi connectivity index (χ3n) is 4.14. The molecule has 132 valence electrons. The number of hydrogen-bond donors (Lipinski definition) is 1. The molecule has 0 aliphatic carbocycles. The maximum absolute atomic E-state index is 12.5. The smallest absolute Gasteiger partial charge is 0.258 e. The van der Waals surface area contributed by atoms with Crippen molar-refractivity contribution in [2.45, 2.75) is 32.9 Å². The van der Waals surface area contributed by atoms with Crippen LogP contribution in [0.1, 0.15) is 26.3 Å². The largest absolute Gasteiger partial charge is 0.328 e. The number of aromatic nitrogens is 2. The highest BCUT2D eigenvalue weighted by atomic mass is 16.2. The van der Waals surface area contributed by atoms with Crippen LogP contribution in [-0.2, 0) is 16.9 Å². The first kappa shape index (κ1) is 17.5. The number of benzene rings is 1. The molecule has 3 rings (SSSR count). The van der Waals surface area contributed by atoms with Crippen molar-refractivity contribution < 1.29 is 4.79 Å². The van der Waals surface area contributed by atoms with Gasteiger partial charge in [-0.2, -0.15) is 5.26 Å². The van der Waals surface area contributed by atoms with Crippen LogP contribution < -0.4 is 10.9 Å². The minimum atomic E-state index is -0.324. The van der Waals surface area contributed by atoms with E-state index in [1.54, 1.807) is 30.6 Å². The number of nitrogens with one attached hydrogen (secondary N) is 1. The number of nitriles is 1. The van der Waals surface area contributed by atoms with Gasteiger partial charge in [0.25, 0.3) is 5.56 Å².